The monoisotopic (exact) mass is 383 g/mol. The van der Waals surface area contributed by atoms with E-state index in [4.69, 9.17) is 0 Å². The van der Waals surface area contributed by atoms with Crippen molar-refractivity contribution in [3.8, 4) is 0 Å². The van der Waals surface area contributed by atoms with Crippen LogP contribution in [-0.4, -0.2) is 48.9 Å². The molecule has 4 rings (SSSR count). The Morgan fingerprint density at radius 3 is 2.75 bits per heavy atom. The van der Waals surface area contributed by atoms with Gasteiger partial charge in [0.25, 0.3) is 0 Å². The molecule has 3 aliphatic rings. The number of likely N-dealkylation sites (tertiary alicyclic amines) is 1. The number of nitrogens with zero attached hydrogens (tertiary/aromatic N) is 1. The van der Waals surface area contributed by atoms with E-state index in [1.54, 1.807) is 0 Å². The fourth-order valence-electron chi connectivity index (χ4n) is 5.06. The third-order valence-electron chi connectivity index (χ3n) is 6.73. The smallest absolute Gasteiger partial charge is 0.237 e. The van der Waals surface area contributed by atoms with E-state index in [0.29, 0.717) is 30.7 Å². The molecule has 5 nitrogen and oxygen atoms in total. The number of hydrogen-bond donors (Lipinski definition) is 2. The number of benzene rings is 1. The van der Waals surface area contributed by atoms with Gasteiger partial charge in [-0.1, -0.05) is 24.3 Å². The summed E-state index contributed by atoms with van der Waals surface area (Å²) in [4.78, 5) is 27.2. The molecule has 2 heterocycles. The lowest BCUT2D eigenvalue weighted by atomic mass is 9.82. The summed E-state index contributed by atoms with van der Waals surface area (Å²) in [5, 5.41) is 6.35. The van der Waals surface area contributed by atoms with Gasteiger partial charge in [0.05, 0.1) is 6.04 Å². The van der Waals surface area contributed by atoms with Crippen LogP contribution in [-0.2, 0) is 22.4 Å². The predicted octanol–water partition coefficient (Wildman–Crippen LogP) is 2.29. The van der Waals surface area contributed by atoms with E-state index in [9.17, 15) is 9.59 Å². The summed E-state index contributed by atoms with van der Waals surface area (Å²) >= 11 is 0. The Kier molecular flexibility index (Phi) is 6.30. The molecule has 5 heteroatoms. The minimum Gasteiger partial charge on any atom is -0.354 e. The maximum atomic E-state index is 12.9. The fourth-order valence-corrected chi connectivity index (χ4v) is 5.06. The molecule has 2 fully saturated rings. The molecule has 28 heavy (non-hydrogen) atoms. The van der Waals surface area contributed by atoms with E-state index in [0.717, 1.165) is 64.6 Å². The number of fused-ring (bicyclic) bond motifs is 1. The van der Waals surface area contributed by atoms with Crippen molar-refractivity contribution in [1.29, 1.82) is 0 Å². The molecule has 0 spiro atoms. The van der Waals surface area contributed by atoms with Crippen molar-refractivity contribution in [2.45, 2.75) is 57.4 Å². The molecule has 0 bridgehead atoms. The average Bonchev–Trinajstić information content (AvgIpc) is 3.27. The fraction of sp³-hybridized carbons (Fsp3) is 0.652. The number of rotatable bonds is 5. The molecule has 1 aromatic carbocycles. The van der Waals surface area contributed by atoms with Crippen molar-refractivity contribution < 1.29 is 9.59 Å². The molecular formula is C23H33N3O2. The van der Waals surface area contributed by atoms with Crippen molar-refractivity contribution in [1.82, 2.24) is 15.5 Å². The number of amides is 2. The van der Waals surface area contributed by atoms with Gasteiger partial charge >= 0.3 is 0 Å². The first-order valence-electron chi connectivity index (χ1n) is 11.0. The number of piperidine rings is 1. The second kappa shape index (κ2) is 9.08. The normalized spacial score (nSPS) is 27.3. The van der Waals surface area contributed by atoms with Crippen molar-refractivity contribution >= 4 is 11.8 Å². The van der Waals surface area contributed by atoms with E-state index in [-0.39, 0.29) is 11.9 Å². The Hall–Kier alpha value is -1.88. The highest BCUT2D eigenvalue weighted by atomic mass is 16.2. The number of aryl methyl sites for hydroxylation is 1. The summed E-state index contributed by atoms with van der Waals surface area (Å²) in [7, 11) is 0. The summed E-state index contributed by atoms with van der Waals surface area (Å²) < 4.78 is 0. The number of hydrogen-bond acceptors (Lipinski definition) is 3. The summed E-state index contributed by atoms with van der Waals surface area (Å²) in [6, 6.07) is 8.63. The lowest BCUT2D eigenvalue weighted by Gasteiger charge is -2.34. The number of carbonyl (C=O) groups excluding carboxylic acids is 2. The first-order valence-corrected chi connectivity index (χ1v) is 11.0. The van der Waals surface area contributed by atoms with Gasteiger partial charge in [-0.05, 0) is 74.5 Å². The zero-order valence-electron chi connectivity index (χ0n) is 16.8. The van der Waals surface area contributed by atoms with E-state index in [2.05, 4.69) is 39.8 Å². The Bertz CT molecular complexity index is 699. The van der Waals surface area contributed by atoms with E-state index in [1.807, 2.05) is 0 Å². The highest BCUT2D eigenvalue weighted by Gasteiger charge is 2.28. The molecule has 2 amide bonds. The first-order chi connectivity index (χ1) is 13.7. The molecule has 0 aromatic heterocycles. The van der Waals surface area contributed by atoms with Crippen LogP contribution >= 0.6 is 0 Å². The van der Waals surface area contributed by atoms with Crippen LogP contribution in [0.1, 0.15) is 49.7 Å². The first kappa shape index (κ1) is 19.4. The molecular weight excluding hydrogens is 350 g/mol. The van der Waals surface area contributed by atoms with Gasteiger partial charge in [-0.25, -0.2) is 0 Å². The van der Waals surface area contributed by atoms with E-state index >= 15 is 0 Å². The predicted molar refractivity (Wildman–Crippen MR) is 110 cm³/mol. The second-order valence-electron chi connectivity index (χ2n) is 8.82. The van der Waals surface area contributed by atoms with Gasteiger partial charge in [0.1, 0.15) is 0 Å². The average molecular weight is 384 g/mol. The summed E-state index contributed by atoms with van der Waals surface area (Å²) in [5.41, 5.74) is 2.88. The van der Waals surface area contributed by atoms with Crippen LogP contribution in [0.2, 0.25) is 0 Å². The van der Waals surface area contributed by atoms with Crippen molar-refractivity contribution in [2.24, 2.45) is 11.8 Å². The SMILES string of the molecule is O=C(NCC1CCCN(C(=O)CC2CCc3ccccc3C2)C1)C1CCCN1. The van der Waals surface area contributed by atoms with E-state index < -0.39 is 0 Å². The minimum atomic E-state index is -0.0181. The van der Waals surface area contributed by atoms with Crippen LogP contribution in [0, 0.1) is 11.8 Å². The molecule has 152 valence electrons. The molecule has 1 aromatic rings. The van der Waals surface area contributed by atoms with Crippen LogP contribution in [0.3, 0.4) is 0 Å². The van der Waals surface area contributed by atoms with Crippen molar-refractivity contribution in [3.63, 3.8) is 0 Å². The molecule has 2 saturated heterocycles. The zero-order valence-corrected chi connectivity index (χ0v) is 16.8. The Morgan fingerprint density at radius 1 is 1.07 bits per heavy atom. The maximum absolute atomic E-state index is 12.9. The molecule has 0 saturated carbocycles. The zero-order chi connectivity index (χ0) is 19.3. The van der Waals surface area contributed by atoms with Gasteiger partial charge in [0.2, 0.25) is 11.8 Å². The summed E-state index contributed by atoms with van der Waals surface area (Å²) in [6.07, 6.45) is 8.06. The molecule has 3 unspecified atom stereocenters. The van der Waals surface area contributed by atoms with Gasteiger partial charge in [-0.15, -0.1) is 0 Å². The van der Waals surface area contributed by atoms with Gasteiger partial charge in [0.15, 0.2) is 0 Å². The Morgan fingerprint density at radius 2 is 1.93 bits per heavy atom. The minimum absolute atomic E-state index is 0.0181. The molecule has 0 radical (unpaired) electrons. The largest absolute Gasteiger partial charge is 0.354 e. The van der Waals surface area contributed by atoms with Crippen LogP contribution in [0.25, 0.3) is 0 Å². The van der Waals surface area contributed by atoms with Gasteiger partial charge in [-0.2, -0.15) is 0 Å². The standard InChI is InChI=1S/C23H33N3O2/c27-22(14-17-9-10-19-6-1-2-7-20(19)13-17)26-12-4-5-18(16-26)15-25-23(28)21-8-3-11-24-21/h1-2,6-7,17-18,21,24H,3-5,8-16H2,(H,25,28). The van der Waals surface area contributed by atoms with Crippen LogP contribution in [0.4, 0.5) is 0 Å². The Labute approximate surface area is 168 Å². The number of nitrogens with one attached hydrogen (secondary N) is 2. The van der Waals surface area contributed by atoms with Gasteiger partial charge < -0.3 is 15.5 Å². The van der Waals surface area contributed by atoms with Crippen molar-refractivity contribution in [2.75, 3.05) is 26.2 Å². The molecule has 3 atom stereocenters. The lowest BCUT2D eigenvalue weighted by Crippen LogP contribution is -2.47. The van der Waals surface area contributed by atoms with Gasteiger partial charge in [0, 0.05) is 26.1 Å². The van der Waals surface area contributed by atoms with Crippen LogP contribution in [0.5, 0.6) is 0 Å². The molecule has 2 aliphatic heterocycles. The van der Waals surface area contributed by atoms with E-state index in [1.165, 1.54) is 11.1 Å². The maximum Gasteiger partial charge on any atom is 0.237 e. The van der Waals surface area contributed by atoms with Crippen LogP contribution < -0.4 is 10.6 Å². The quantitative estimate of drug-likeness (QED) is 0.820. The third-order valence-corrected chi connectivity index (χ3v) is 6.73. The highest BCUT2D eigenvalue weighted by Crippen LogP contribution is 2.28. The highest BCUT2D eigenvalue weighted by molar-refractivity contribution is 5.82. The van der Waals surface area contributed by atoms with Gasteiger partial charge in [-0.3, -0.25) is 9.59 Å². The molecule has 2 N–H and O–H groups in total. The van der Waals surface area contributed by atoms with Crippen LogP contribution in [0.15, 0.2) is 24.3 Å². The third kappa shape index (κ3) is 4.75. The summed E-state index contributed by atoms with van der Waals surface area (Å²) in [6.45, 7) is 3.30. The number of carbonyl (C=O) groups is 2. The topological polar surface area (TPSA) is 61.4 Å². The Balaban J connectivity index is 1.24. The van der Waals surface area contributed by atoms with Crippen molar-refractivity contribution in [3.05, 3.63) is 35.4 Å². The molecule has 1 aliphatic carbocycles. The second-order valence-corrected chi connectivity index (χ2v) is 8.82. The lowest BCUT2D eigenvalue weighted by molar-refractivity contribution is -0.134. The summed E-state index contributed by atoms with van der Waals surface area (Å²) in [5.74, 6) is 1.28.